The molecule has 0 radical (unpaired) electrons. The van der Waals surface area contributed by atoms with Gasteiger partial charge in [0, 0.05) is 11.5 Å². The molecule has 2 aliphatic carbocycles. The van der Waals surface area contributed by atoms with Crippen LogP contribution in [-0.2, 0) is 0 Å². The Balaban J connectivity index is 2.10. The Hall–Kier alpha value is -1.57. The highest BCUT2D eigenvalue weighted by atomic mass is 16.3. The van der Waals surface area contributed by atoms with Gasteiger partial charge in [0.1, 0.15) is 5.52 Å². The van der Waals surface area contributed by atoms with Crippen LogP contribution in [0.15, 0.2) is 22.5 Å². The summed E-state index contributed by atoms with van der Waals surface area (Å²) in [5, 5.41) is 0. The number of nitrogens with zero attached hydrogens (tertiary/aromatic N) is 1. The van der Waals surface area contributed by atoms with E-state index in [-0.39, 0.29) is 0 Å². The molecular formula is C21H27NO. The van der Waals surface area contributed by atoms with E-state index < -0.39 is 0 Å². The maximum atomic E-state index is 5.86. The highest BCUT2D eigenvalue weighted by Crippen LogP contribution is 2.55. The largest absolute Gasteiger partial charge is 0.443 e. The van der Waals surface area contributed by atoms with E-state index in [0.717, 1.165) is 17.0 Å². The van der Waals surface area contributed by atoms with E-state index in [1.165, 1.54) is 36.0 Å². The second kappa shape index (κ2) is 5.22. The van der Waals surface area contributed by atoms with Crippen molar-refractivity contribution in [3.05, 3.63) is 40.3 Å². The molecule has 1 aromatic carbocycles. The molecular weight excluding hydrogens is 282 g/mol. The number of rotatable bonds is 1. The van der Waals surface area contributed by atoms with Crippen molar-refractivity contribution in [2.75, 3.05) is 0 Å². The van der Waals surface area contributed by atoms with Crippen molar-refractivity contribution >= 4 is 11.1 Å². The zero-order valence-electron chi connectivity index (χ0n) is 14.9. The number of hydrogen-bond acceptors (Lipinski definition) is 2. The molecule has 4 rings (SSSR count). The summed E-state index contributed by atoms with van der Waals surface area (Å²) in [5.41, 5.74) is 9.56. The summed E-state index contributed by atoms with van der Waals surface area (Å²) in [5.74, 6) is 2.56. The number of aryl methyl sites for hydroxylation is 1. The highest BCUT2D eigenvalue weighted by Gasteiger charge is 2.40. The van der Waals surface area contributed by atoms with Crippen LogP contribution in [0.5, 0.6) is 0 Å². The highest BCUT2D eigenvalue weighted by molar-refractivity contribution is 5.84. The predicted octanol–water partition coefficient (Wildman–Crippen LogP) is 6.21. The fraction of sp³-hybridized carbons (Fsp3) is 0.571. The van der Waals surface area contributed by atoms with E-state index in [1.807, 2.05) is 0 Å². The minimum Gasteiger partial charge on any atom is -0.443 e. The van der Waals surface area contributed by atoms with E-state index in [0.29, 0.717) is 17.8 Å². The van der Waals surface area contributed by atoms with E-state index in [4.69, 9.17) is 4.42 Å². The number of allylic oxidation sites excluding steroid dienone is 2. The Morgan fingerprint density at radius 1 is 1.17 bits per heavy atom. The van der Waals surface area contributed by atoms with E-state index in [1.54, 1.807) is 17.5 Å². The fourth-order valence-electron chi connectivity index (χ4n) is 5.19. The Morgan fingerprint density at radius 2 is 1.96 bits per heavy atom. The summed E-state index contributed by atoms with van der Waals surface area (Å²) in [6, 6.07) is 0. The maximum Gasteiger partial charge on any atom is 0.182 e. The molecule has 2 aliphatic rings. The molecule has 1 aromatic heterocycles. The third kappa shape index (κ3) is 2.10. The molecule has 0 N–H and O–H groups in total. The molecule has 122 valence electrons. The average molecular weight is 309 g/mol. The van der Waals surface area contributed by atoms with Crippen LogP contribution in [0.25, 0.3) is 11.1 Å². The lowest BCUT2D eigenvalue weighted by Crippen LogP contribution is -2.28. The number of fused-ring (bicyclic) bond motifs is 2. The SMILES string of the molecule is CC(C)=C[C@H]1C[C@@H](C)[C@@H]2CC[C@@H](C)c3c2c1c(C)c1ncoc31. The summed E-state index contributed by atoms with van der Waals surface area (Å²) in [6.45, 7) is 11.5. The first-order valence-corrected chi connectivity index (χ1v) is 9.03. The Kier molecular flexibility index (Phi) is 3.40. The van der Waals surface area contributed by atoms with Gasteiger partial charge in [-0.05, 0) is 74.5 Å². The van der Waals surface area contributed by atoms with Gasteiger partial charge < -0.3 is 4.42 Å². The number of benzene rings is 1. The van der Waals surface area contributed by atoms with Gasteiger partial charge in [0.2, 0.25) is 0 Å². The van der Waals surface area contributed by atoms with Gasteiger partial charge in [-0.25, -0.2) is 4.98 Å². The topological polar surface area (TPSA) is 26.0 Å². The quantitative estimate of drug-likeness (QED) is 0.585. The van der Waals surface area contributed by atoms with Crippen LogP contribution in [0, 0.1) is 12.8 Å². The zero-order valence-corrected chi connectivity index (χ0v) is 14.9. The molecule has 23 heavy (non-hydrogen) atoms. The van der Waals surface area contributed by atoms with Gasteiger partial charge in [-0.15, -0.1) is 0 Å². The number of oxazole rings is 1. The second-order valence-corrected chi connectivity index (χ2v) is 8.04. The van der Waals surface area contributed by atoms with Crippen LogP contribution in [0.1, 0.15) is 87.0 Å². The maximum absolute atomic E-state index is 5.86. The van der Waals surface area contributed by atoms with Crippen LogP contribution < -0.4 is 0 Å². The monoisotopic (exact) mass is 309 g/mol. The molecule has 1 heterocycles. The first-order valence-electron chi connectivity index (χ1n) is 9.03. The van der Waals surface area contributed by atoms with E-state index >= 15 is 0 Å². The first-order chi connectivity index (χ1) is 11.0. The van der Waals surface area contributed by atoms with Crippen molar-refractivity contribution in [2.45, 2.75) is 71.6 Å². The van der Waals surface area contributed by atoms with Gasteiger partial charge in [-0.2, -0.15) is 0 Å². The van der Waals surface area contributed by atoms with Gasteiger partial charge in [0.15, 0.2) is 12.0 Å². The van der Waals surface area contributed by atoms with Crippen molar-refractivity contribution in [2.24, 2.45) is 5.92 Å². The molecule has 0 amide bonds. The third-order valence-corrected chi connectivity index (χ3v) is 6.14. The van der Waals surface area contributed by atoms with Gasteiger partial charge in [0.05, 0.1) is 0 Å². The van der Waals surface area contributed by atoms with Gasteiger partial charge >= 0.3 is 0 Å². The van der Waals surface area contributed by atoms with Crippen molar-refractivity contribution < 1.29 is 4.42 Å². The summed E-state index contributed by atoms with van der Waals surface area (Å²) < 4.78 is 5.86. The summed E-state index contributed by atoms with van der Waals surface area (Å²) in [4.78, 5) is 4.56. The van der Waals surface area contributed by atoms with Crippen molar-refractivity contribution in [1.82, 2.24) is 4.98 Å². The lowest BCUT2D eigenvalue weighted by atomic mass is 9.62. The van der Waals surface area contributed by atoms with Crippen LogP contribution >= 0.6 is 0 Å². The molecule has 0 saturated heterocycles. The molecule has 0 unspecified atom stereocenters. The molecule has 2 aromatic rings. The van der Waals surface area contributed by atoms with Crippen molar-refractivity contribution in [1.29, 1.82) is 0 Å². The molecule has 0 aliphatic heterocycles. The molecule has 0 bridgehead atoms. The first kappa shape index (κ1) is 15.0. The minimum absolute atomic E-state index is 0.534. The molecule has 2 nitrogen and oxygen atoms in total. The third-order valence-electron chi connectivity index (χ3n) is 6.14. The normalized spacial score (nSPS) is 29.4. The molecule has 0 saturated carbocycles. The molecule has 0 fully saturated rings. The van der Waals surface area contributed by atoms with E-state index in [2.05, 4.69) is 45.7 Å². The van der Waals surface area contributed by atoms with Crippen molar-refractivity contribution in [3.63, 3.8) is 0 Å². The second-order valence-electron chi connectivity index (χ2n) is 8.04. The van der Waals surface area contributed by atoms with Gasteiger partial charge in [-0.3, -0.25) is 0 Å². The predicted molar refractivity (Wildman–Crippen MR) is 95.1 cm³/mol. The Morgan fingerprint density at radius 3 is 2.70 bits per heavy atom. The Bertz CT molecular complexity index is 794. The Labute approximate surface area is 139 Å². The van der Waals surface area contributed by atoms with Crippen molar-refractivity contribution in [3.8, 4) is 0 Å². The lowest BCUT2D eigenvalue weighted by Gasteiger charge is -2.42. The van der Waals surface area contributed by atoms with Crippen LogP contribution in [0.3, 0.4) is 0 Å². The zero-order chi connectivity index (χ0) is 16.3. The van der Waals surface area contributed by atoms with Crippen LogP contribution in [-0.4, -0.2) is 4.98 Å². The average Bonchev–Trinajstić information content (AvgIpc) is 2.95. The summed E-state index contributed by atoms with van der Waals surface area (Å²) in [6.07, 6.45) is 7.97. The molecule has 4 atom stereocenters. The number of hydrogen-bond donors (Lipinski definition) is 0. The summed E-state index contributed by atoms with van der Waals surface area (Å²) in [7, 11) is 0. The molecule has 2 heteroatoms. The van der Waals surface area contributed by atoms with Crippen LogP contribution in [0.4, 0.5) is 0 Å². The fourth-order valence-corrected chi connectivity index (χ4v) is 5.19. The van der Waals surface area contributed by atoms with E-state index in [9.17, 15) is 0 Å². The lowest BCUT2D eigenvalue weighted by molar-refractivity contribution is 0.332. The standard InChI is InChI=1S/C21H27NO/c1-11(2)8-15-9-13(4)16-7-6-12(3)17-19(16)18(15)14(5)20-21(17)23-10-22-20/h8,10,12-13,15-16H,6-7,9H2,1-5H3/t12-,13-,15+,16+/m1/s1. The van der Waals surface area contributed by atoms with Gasteiger partial charge in [0.25, 0.3) is 0 Å². The number of aromatic nitrogens is 1. The van der Waals surface area contributed by atoms with Crippen LogP contribution in [0.2, 0.25) is 0 Å². The minimum atomic E-state index is 0.534. The molecule has 0 spiro atoms. The smallest absolute Gasteiger partial charge is 0.182 e. The van der Waals surface area contributed by atoms with Gasteiger partial charge in [-0.1, -0.05) is 25.5 Å². The summed E-state index contributed by atoms with van der Waals surface area (Å²) >= 11 is 0.